The summed E-state index contributed by atoms with van der Waals surface area (Å²) in [6.07, 6.45) is 8.91. The van der Waals surface area contributed by atoms with E-state index >= 15 is 0 Å². The van der Waals surface area contributed by atoms with Crippen molar-refractivity contribution >= 4 is 0 Å². The van der Waals surface area contributed by atoms with Gasteiger partial charge < -0.3 is 10.2 Å². The van der Waals surface area contributed by atoms with Gasteiger partial charge in [0.15, 0.2) is 0 Å². The lowest BCUT2D eigenvalue weighted by Crippen LogP contribution is -2.27. The van der Waals surface area contributed by atoms with Crippen LogP contribution in [0.2, 0.25) is 0 Å². The zero-order valence-corrected chi connectivity index (χ0v) is 7.63. The van der Waals surface area contributed by atoms with E-state index in [1.54, 1.807) is 0 Å². The van der Waals surface area contributed by atoms with E-state index in [-0.39, 0.29) is 18.6 Å². The average molecular weight is 171 g/mol. The molecule has 0 aromatic carbocycles. The van der Waals surface area contributed by atoms with Crippen molar-refractivity contribution in [1.29, 1.82) is 0 Å². The molecule has 2 heteroatoms. The van der Waals surface area contributed by atoms with Crippen molar-refractivity contribution in [2.24, 2.45) is 5.41 Å². The van der Waals surface area contributed by atoms with Crippen molar-refractivity contribution in [3.63, 3.8) is 0 Å². The first kappa shape index (κ1) is 10.0. The Bertz CT molecular complexity index is 101. The molecule has 1 aliphatic carbocycles. The van der Waals surface area contributed by atoms with Crippen molar-refractivity contribution in [1.82, 2.24) is 0 Å². The summed E-state index contributed by atoms with van der Waals surface area (Å²) in [7, 11) is 0. The molecule has 1 aliphatic rings. The quantitative estimate of drug-likeness (QED) is 0.673. The molecule has 1 radical (unpaired) electrons. The number of aliphatic hydroxyl groups is 2. The summed E-state index contributed by atoms with van der Waals surface area (Å²) >= 11 is 0. The van der Waals surface area contributed by atoms with E-state index in [9.17, 15) is 0 Å². The number of rotatable bonds is 4. The lowest BCUT2D eigenvalue weighted by Gasteiger charge is -2.36. The molecule has 0 saturated heterocycles. The second-order valence-corrected chi connectivity index (χ2v) is 3.78. The molecule has 0 aliphatic heterocycles. The maximum Gasteiger partial charge on any atom is 0.0468 e. The fourth-order valence-corrected chi connectivity index (χ4v) is 2.23. The Kier molecular flexibility index (Phi) is 4.02. The third-order valence-electron chi connectivity index (χ3n) is 2.98. The van der Waals surface area contributed by atoms with Crippen LogP contribution >= 0.6 is 0 Å². The summed E-state index contributed by atoms with van der Waals surface area (Å²) in [5.74, 6) is 0. The third kappa shape index (κ3) is 2.46. The standard InChI is InChI=1S/C10H19O2/c11-8-6-10(7-9-12)4-2-1-3-5-10/h6,11-12H,1-5,7-9H2. The third-order valence-corrected chi connectivity index (χ3v) is 2.98. The SMILES string of the molecule is OC[CH]C1(CCO)CCCCC1. The second kappa shape index (κ2) is 4.83. The minimum atomic E-state index is 0.153. The molecular weight excluding hydrogens is 152 g/mol. The van der Waals surface area contributed by atoms with E-state index in [0.717, 1.165) is 19.3 Å². The predicted octanol–water partition coefficient (Wildman–Crippen LogP) is 1.52. The second-order valence-electron chi connectivity index (χ2n) is 3.78. The lowest BCUT2D eigenvalue weighted by atomic mass is 9.70. The summed E-state index contributed by atoms with van der Waals surface area (Å²) in [6, 6.07) is 0. The van der Waals surface area contributed by atoms with Crippen LogP contribution in [0.1, 0.15) is 38.5 Å². The maximum absolute atomic E-state index is 8.91. The van der Waals surface area contributed by atoms with Crippen LogP contribution in [0.15, 0.2) is 0 Å². The Morgan fingerprint density at radius 3 is 2.25 bits per heavy atom. The molecule has 71 valence electrons. The molecule has 0 amide bonds. The highest BCUT2D eigenvalue weighted by atomic mass is 16.3. The van der Waals surface area contributed by atoms with Crippen LogP contribution in [0.3, 0.4) is 0 Å². The van der Waals surface area contributed by atoms with E-state index in [2.05, 4.69) is 0 Å². The van der Waals surface area contributed by atoms with E-state index in [0.29, 0.717) is 0 Å². The minimum absolute atomic E-state index is 0.153. The van der Waals surface area contributed by atoms with Gasteiger partial charge in [0.2, 0.25) is 0 Å². The monoisotopic (exact) mass is 171 g/mol. The van der Waals surface area contributed by atoms with Gasteiger partial charge in [-0.25, -0.2) is 0 Å². The van der Waals surface area contributed by atoms with Crippen molar-refractivity contribution < 1.29 is 10.2 Å². The zero-order chi connectivity index (χ0) is 8.86. The van der Waals surface area contributed by atoms with Gasteiger partial charge in [0, 0.05) is 13.2 Å². The minimum Gasteiger partial charge on any atom is -0.396 e. The van der Waals surface area contributed by atoms with Crippen LogP contribution in [-0.2, 0) is 0 Å². The highest BCUT2D eigenvalue weighted by Crippen LogP contribution is 2.41. The normalized spacial score (nSPS) is 22.5. The first-order valence-electron chi connectivity index (χ1n) is 4.89. The molecular formula is C10H19O2. The van der Waals surface area contributed by atoms with E-state index in [4.69, 9.17) is 10.2 Å². The summed E-state index contributed by atoms with van der Waals surface area (Å²) in [5.41, 5.74) is 0.155. The fourth-order valence-electron chi connectivity index (χ4n) is 2.23. The van der Waals surface area contributed by atoms with Gasteiger partial charge in [0.1, 0.15) is 0 Å². The number of hydrogen-bond acceptors (Lipinski definition) is 2. The number of hydrogen-bond donors (Lipinski definition) is 2. The van der Waals surface area contributed by atoms with Gasteiger partial charge in [-0.1, -0.05) is 19.3 Å². The van der Waals surface area contributed by atoms with Crippen LogP contribution in [0.4, 0.5) is 0 Å². The molecule has 2 N–H and O–H groups in total. The molecule has 0 aromatic rings. The Labute approximate surface area is 74.6 Å². The van der Waals surface area contributed by atoms with Crippen LogP contribution in [0.25, 0.3) is 0 Å². The lowest BCUT2D eigenvalue weighted by molar-refractivity contribution is 0.142. The van der Waals surface area contributed by atoms with E-state index in [1.165, 1.54) is 19.3 Å². The molecule has 0 bridgehead atoms. The Morgan fingerprint density at radius 1 is 1.08 bits per heavy atom. The maximum atomic E-state index is 8.91. The Balaban J connectivity index is 2.44. The topological polar surface area (TPSA) is 40.5 Å². The van der Waals surface area contributed by atoms with Gasteiger partial charge in [0.25, 0.3) is 0 Å². The highest BCUT2D eigenvalue weighted by Gasteiger charge is 2.30. The summed E-state index contributed by atoms with van der Waals surface area (Å²) in [6.45, 7) is 0.399. The number of aliphatic hydroxyl groups excluding tert-OH is 2. The van der Waals surface area contributed by atoms with Crippen LogP contribution < -0.4 is 0 Å². The van der Waals surface area contributed by atoms with Crippen molar-refractivity contribution in [2.75, 3.05) is 13.2 Å². The first-order valence-corrected chi connectivity index (χ1v) is 4.89. The Morgan fingerprint density at radius 2 is 1.75 bits per heavy atom. The average Bonchev–Trinajstić information content (AvgIpc) is 2.07. The van der Waals surface area contributed by atoms with Crippen LogP contribution in [0.5, 0.6) is 0 Å². The highest BCUT2D eigenvalue weighted by molar-refractivity contribution is 4.93. The molecule has 1 fully saturated rings. The first-order chi connectivity index (χ1) is 5.83. The molecule has 2 nitrogen and oxygen atoms in total. The summed E-state index contributed by atoms with van der Waals surface area (Å²) in [4.78, 5) is 0. The largest absolute Gasteiger partial charge is 0.396 e. The van der Waals surface area contributed by atoms with Gasteiger partial charge in [0.05, 0.1) is 0 Å². The summed E-state index contributed by atoms with van der Waals surface area (Å²) < 4.78 is 0. The predicted molar refractivity (Wildman–Crippen MR) is 48.6 cm³/mol. The molecule has 0 spiro atoms. The smallest absolute Gasteiger partial charge is 0.0468 e. The van der Waals surface area contributed by atoms with Crippen molar-refractivity contribution in [3.8, 4) is 0 Å². The Hall–Kier alpha value is -0.0800. The molecule has 0 atom stereocenters. The fraction of sp³-hybridized carbons (Fsp3) is 0.900. The van der Waals surface area contributed by atoms with E-state index in [1.807, 2.05) is 6.42 Å². The molecule has 12 heavy (non-hydrogen) atoms. The summed E-state index contributed by atoms with van der Waals surface area (Å²) in [5, 5.41) is 17.8. The van der Waals surface area contributed by atoms with Gasteiger partial charge in [-0.15, -0.1) is 0 Å². The van der Waals surface area contributed by atoms with E-state index < -0.39 is 0 Å². The zero-order valence-electron chi connectivity index (χ0n) is 7.63. The van der Waals surface area contributed by atoms with Crippen molar-refractivity contribution in [2.45, 2.75) is 38.5 Å². The molecule has 1 rings (SSSR count). The van der Waals surface area contributed by atoms with Crippen LogP contribution in [0, 0.1) is 11.8 Å². The van der Waals surface area contributed by atoms with Gasteiger partial charge in [-0.05, 0) is 31.1 Å². The van der Waals surface area contributed by atoms with Gasteiger partial charge >= 0.3 is 0 Å². The van der Waals surface area contributed by atoms with Crippen LogP contribution in [-0.4, -0.2) is 23.4 Å². The van der Waals surface area contributed by atoms with Gasteiger partial charge in [-0.2, -0.15) is 0 Å². The van der Waals surface area contributed by atoms with Crippen molar-refractivity contribution in [3.05, 3.63) is 6.42 Å². The molecule has 0 unspecified atom stereocenters. The molecule has 0 aromatic heterocycles. The molecule has 1 saturated carbocycles. The van der Waals surface area contributed by atoms with Gasteiger partial charge in [-0.3, -0.25) is 0 Å². The molecule has 0 heterocycles.